The van der Waals surface area contributed by atoms with Gasteiger partial charge in [-0.05, 0) is 61.1 Å². The Hall–Kier alpha value is -3.01. The number of dihydropyridines is 1. The third-order valence-electron chi connectivity index (χ3n) is 6.74. The average molecular weight is 492 g/mol. The van der Waals surface area contributed by atoms with Crippen molar-refractivity contribution in [2.75, 3.05) is 31.6 Å². The van der Waals surface area contributed by atoms with Gasteiger partial charge in [-0.25, -0.2) is 4.39 Å². The number of rotatable bonds is 5. The van der Waals surface area contributed by atoms with Gasteiger partial charge >= 0.3 is 6.18 Å². The Kier molecular flexibility index (Phi) is 7.39. The summed E-state index contributed by atoms with van der Waals surface area (Å²) < 4.78 is 58.3. The fraction of sp³-hybridized carbons (Fsp3) is 0.480. The third kappa shape index (κ3) is 5.63. The summed E-state index contributed by atoms with van der Waals surface area (Å²) in [5.74, 6) is 0.651. The molecule has 1 N–H and O–H groups in total. The molecular weight excluding hydrogens is 462 g/mol. The molecule has 0 bridgehead atoms. The molecule has 2 aliphatic rings. The summed E-state index contributed by atoms with van der Waals surface area (Å²) in [6.07, 6.45) is -0.371. The summed E-state index contributed by atoms with van der Waals surface area (Å²) in [5, 5.41) is 12.2. The molecule has 1 saturated heterocycles. The molecule has 0 unspecified atom stereocenters. The Morgan fingerprint density at radius 3 is 2.49 bits per heavy atom. The zero-order chi connectivity index (χ0) is 25.2. The van der Waals surface area contributed by atoms with Gasteiger partial charge in [0.05, 0.1) is 24.9 Å². The van der Waals surface area contributed by atoms with Crippen LogP contribution in [0, 0.1) is 19.7 Å². The molecule has 4 rings (SSSR count). The highest BCUT2D eigenvalue weighted by molar-refractivity contribution is 5.84. The molecule has 188 valence electrons. The molecule has 10 heteroatoms. The van der Waals surface area contributed by atoms with Crippen LogP contribution in [0.1, 0.15) is 47.2 Å². The molecule has 0 radical (unpaired) electrons. The van der Waals surface area contributed by atoms with Crippen LogP contribution in [0.3, 0.4) is 0 Å². The second kappa shape index (κ2) is 10.3. The van der Waals surface area contributed by atoms with Crippen molar-refractivity contribution in [1.29, 1.82) is 0 Å². The van der Waals surface area contributed by atoms with Gasteiger partial charge in [-0.2, -0.15) is 13.2 Å². The number of aliphatic imine (C=N–C) groups is 1. The fourth-order valence-corrected chi connectivity index (χ4v) is 4.55. The van der Waals surface area contributed by atoms with Gasteiger partial charge in [0.2, 0.25) is 0 Å². The first-order valence-corrected chi connectivity index (χ1v) is 11.6. The maximum atomic E-state index is 13.3. The number of piperidine rings is 1. The van der Waals surface area contributed by atoms with E-state index in [0.29, 0.717) is 38.0 Å². The number of alkyl halides is 3. The lowest BCUT2D eigenvalue weighted by Crippen LogP contribution is -2.43. The standard InChI is InChI=1S/C25H29F4N5O/c1-15-16(2)24(33-32-23(15)18-5-7-22(35-3)31-14-18)34-10-8-20(9-11-34)30-13-17-4-6-19(26)12-21(17)25(27,28)29/h4-6,12,20,30H,7-11,13-14H2,1-3H3. The first-order chi connectivity index (χ1) is 16.7. The van der Waals surface area contributed by atoms with E-state index in [1.807, 2.05) is 13.8 Å². The van der Waals surface area contributed by atoms with Crippen LogP contribution in [0.2, 0.25) is 0 Å². The first kappa shape index (κ1) is 25.1. The zero-order valence-electron chi connectivity index (χ0n) is 20.0. The highest BCUT2D eigenvalue weighted by Crippen LogP contribution is 2.33. The molecule has 0 spiro atoms. The number of ether oxygens (including phenoxy) is 1. The molecule has 2 aromatic rings. The molecule has 0 amide bonds. The Morgan fingerprint density at radius 2 is 1.86 bits per heavy atom. The highest BCUT2D eigenvalue weighted by Gasteiger charge is 2.34. The molecule has 0 atom stereocenters. The minimum Gasteiger partial charge on any atom is -0.484 e. The minimum atomic E-state index is -4.59. The van der Waals surface area contributed by atoms with E-state index in [1.165, 1.54) is 6.07 Å². The normalized spacial score (nSPS) is 17.3. The molecular formula is C25H29F4N5O. The molecule has 0 aliphatic carbocycles. The second-order valence-electron chi connectivity index (χ2n) is 8.91. The van der Waals surface area contributed by atoms with Crippen LogP contribution in [-0.4, -0.2) is 48.9 Å². The van der Waals surface area contributed by atoms with Gasteiger partial charge in [-0.3, -0.25) is 4.99 Å². The van der Waals surface area contributed by atoms with Crippen LogP contribution in [0.25, 0.3) is 5.57 Å². The van der Waals surface area contributed by atoms with Gasteiger partial charge in [-0.15, -0.1) is 10.2 Å². The topological polar surface area (TPSA) is 62.6 Å². The van der Waals surface area contributed by atoms with Gasteiger partial charge in [0.1, 0.15) is 5.82 Å². The maximum Gasteiger partial charge on any atom is 0.416 e. The lowest BCUT2D eigenvalue weighted by atomic mass is 10.00. The van der Waals surface area contributed by atoms with E-state index in [-0.39, 0.29) is 18.2 Å². The van der Waals surface area contributed by atoms with E-state index in [2.05, 4.69) is 31.5 Å². The monoisotopic (exact) mass is 491 g/mol. The summed E-state index contributed by atoms with van der Waals surface area (Å²) in [6.45, 7) is 6.05. The molecule has 1 aromatic carbocycles. The Morgan fingerprint density at radius 1 is 1.11 bits per heavy atom. The largest absolute Gasteiger partial charge is 0.484 e. The number of halogens is 4. The van der Waals surface area contributed by atoms with E-state index in [0.717, 1.165) is 47.1 Å². The quantitative estimate of drug-likeness (QED) is 0.607. The van der Waals surface area contributed by atoms with Crippen molar-refractivity contribution >= 4 is 17.3 Å². The summed E-state index contributed by atoms with van der Waals surface area (Å²) in [5.41, 5.74) is 3.13. The lowest BCUT2D eigenvalue weighted by Gasteiger charge is -2.34. The molecule has 6 nitrogen and oxygen atoms in total. The number of hydrogen-bond acceptors (Lipinski definition) is 6. The van der Waals surface area contributed by atoms with E-state index in [9.17, 15) is 17.6 Å². The number of aromatic nitrogens is 2. The van der Waals surface area contributed by atoms with Gasteiger partial charge in [0, 0.05) is 32.1 Å². The predicted octanol–water partition coefficient (Wildman–Crippen LogP) is 4.84. The summed E-state index contributed by atoms with van der Waals surface area (Å²) in [6, 6.07) is 2.88. The van der Waals surface area contributed by atoms with Gasteiger partial charge in [0.25, 0.3) is 0 Å². The average Bonchev–Trinajstić information content (AvgIpc) is 2.85. The van der Waals surface area contributed by atoms with Crippen LogP contribution in [0.5, 0.6) is 0 Å². The van der Waals surface area contributed by atoms with Crippen molar-refractivity contribution < 1.29 is 22.3 Å². The van der Waals surface area contributed by atoms with Crippen LogP contribution in [0.4, 0.5) is 23.4 Å². The molecule has 1 fully saturated rings. The number of anilines is 1. The molecule has 2 aliphatic heterocycles. The smallest absolute Gasteiger partial charge is 0.416 e. The van der Waals surface area contributed by atoms with Gasteiger partial charge in [-0.1, -0.05) is 12.1 Å². The zero-order valence-corrected chi connectivity index (χ0v) is 20.0. The molecule has 0 saturated carbocycles. The Labute approximate surface area is 202 Å². The number of benzene rings is 1. The van der Waals surface area contributed by atoms with Crippen molar-refractivity contribution in [1.82, 2.24) is 15.5 Å². The van der Waals surface area contributed by atoms with E-state index < -0.39 is 17.6 Å². The molecule has 3 heterocycles. The number of nitrogens with one attached hydrogen (secondary N) is 1. The Bertz CT molecular complexity index is 1140. The van der Waals surface area contributed by atoms with E-state index in [1.54, 1.807) is 7.11 Å². The van der Waals surface area contributed by atoms with Crippen molar-refractivity contribution in [3.63, 3.8) is 0 Å². The lowest BCUT2D eigenvalue weighted by molar-refractivity contribution is -0.138. The SMILES string of the molecule is COC1=NCC(c2nnc(N3CCC(NCc4ccc(F)cc4C(F)(F)F)CC3)c(C)c2C)=CC1. The van der Waals surface area contributed by atoms with Gasteiger partial charge in [0.15, 0.2) is 11.7 Å². The summed E-state index contributed by atoms with van der Waals surface area (Å²) >= 11 is 0. The summed E-state index contributed by atoms with van der Waals surface area (Å²) in [4.78, 5) is 6.59. The Balaban J connectivity index is 1.37. The molecule has 35 heavy (non-hydrogen) atoms. The summed E-state index contributed by atoms with van der Waals surface area (Å²) in [7, 11) is 1.61. The van der Waals surface area contributed by atoms with Crippen molar-refractivity contribution in [2.24, 2.45) is 4.99 Å². The number of methoxy groups -OCH3 is 1. The minimum absolute atomic E-state index is 0.0365. The third-order valence-corrected chi connectivity index (χ3v) is 6.74. The van der Waals surface area contributed by atoms with Crippen molar-refractivity contribution in [2.45, 2.75) is 51.9 Å². The van der Waals surface area contributed by atoms with E-state index >= 15 is 0 Å². The number of hydrogen-bond donors (Lipinski definition) is 1. The molecule has 1 aromatic heterocycles. The fourth-order valence-electron chi connectivity index (χ4n) is 4.55. The van der Waals surface area contributed by atoms with Gasteiger partial charge < -0.3 is 15.0 Å². The van der Waals surface area contributed by atoms with E-state index in [4.69, 9.17) is 4.74 Å². The maximum absolute atomic E-state index is 13.3. The van der Waals surface area contributed by atoms with Crippen LogP contribution < -0.4 is 10.2 Å². The second-order valence-corrected chi connectivity index (χ2v) is 8.91. The van der Waals surface area contributed by atoms with Crippen LogP contribution in [0.15, 0.2) is 29.3 Å². The highest BCUT2D eigenvalue weighted by atomic mass is 19.4. The predicted molar refractivity (Wildman–Crippen MR) is 127 cm³/mol. The number of nitrogens with zero attached hydrogens (tertiary/aromatic N) is 4. The van der Waals surface area contributed by atoms with Crippen molar-refractivity contribution in [3.8, 4) is 0 Å². The van der Waals surface area contributed by atoms with Crippen molar-refractivity contribution in [3.05, 3.63) is 58.0 Å². The first-order valence-electron chi connectivity index (χ1n) is 11.6. The van der Waals surface area contributed by atoms with Crippen LogP contribution in [-0.2, 0) is 17.5 Å². The van der Waals surface area contributed by atoms with Crippen LogP contribution >= 0.6 is 0 Å².